The molecule has 0 aromatic heterocycles. The molecule has 9 heteroatoms. The molecule has 28 heavy (non-hydrogen) atoms. The zero-order valence-corrected chi connectivity index (χ0v) is 14.8. The van der Waals surface area contributed by atoms with Crippen molar-refractivity contribution in [3.8, 4) is 16.9 Å². The van der Waals surface area contributed by atoms with E-state index in [4.69, 9.17) is 9.84 Å². The number of carbonyl (C=O) groups is 2. The lowest BCUT2D eigenvalue weighted by atomic mass is 10.0. The average Bonchev–Trinajstić information content (AvgIpc) is 2.66. The predicted molar refractivity (Wildman–Crippen MR) is 95.9 cm³/mol. The first-order chi connectivity index (χ1) is 13.3. The van der Waals surface area contributed by atoms with Crippen LogP contribution in [0.4, 0.5) is 18.0 Å². The van der Waals surface area contributed by atoms with Gasteiger partial charge in [0.2, 0.25) is 0 Å². The maximum atomic E-state index is 12.1. The van der Waals surface area contributed by atoms with E-state index in [0.717, 1.165) is 11.1 Å². The second-order valence-corrected chi connectivity index (χ2v) is 5.81. The first kappa shape index (κ1) is 21.1. The van der Waals surface area contributed by atoms with Crippen molar-refractivity contribution in [1.29, 1.82) is 0 Å². The molecular weight excluding hydrogens is 377 g/mol. The van der Waals surface area contributed by atoms with Crippen LogP contribution >= 0.6 is 0 Å². The van der Waals surface area contributed by atoms with Crippen LogP contribution in [-0.2, 0) is 11.3 Å². The van der Waals surface area contributed by atoms with E-state index in [1.165, 1.54) is 0 Å². The third-order valence-electron chi connectivity index (χ3n) is 3.70. The van der Waals surface area contributed by atoms with E-state index in [9.17, 15) is 22.8 Å². The number of carboxylic acid groups (broad SMARTS) is 1. The highest BCUT2D eigenvalue weighted by Gasteiger charge is 2.38. The number of ether oxygens (including phenoxy) is 1. The lowest BCUT2D eigenvalue weighted by Gasteiger charge is -2.14. The number of halogens is 3. The van der Waals surface area contributed by atoms with E-state index in [1.807, 2.05) is 30.3 Å². The first-order valence-corrected chi connectivity index (χ1v) is 8.40. The molecule has 150 valence electrons. The summed E-state index contributed by atoms with van der Waals surface area (Å²) >= 11 is 0. The molecule has 0 aliphatic carbocycles. The fourth-order valence-electron chi connectivity index (χ4n) is 2.39. The van der Waals surface area contributed by atoms with Crippen LogP contribution in [0.2, 0.25) is 0 Å². The summed E-state index contributed by atoms with van der Waals surface area (Å²) in [5.74, 6) is -1.52. The van der Waals surface area contributed by atoms with Gasteiger partial charge in [0.25, 0.3) is 0 Å². The van der Waals surface area contributed by atoms with Gasteiger partial charge in [-0.05, 0) is 23.6 Å². The normalized spacial score (nSPS) is 11.0. The topological polar surface area (TPSA) is 87.7 Å². The van der Waals surface area contributed by atoms with Crippen LogP contribution in [0.3, 0.4) is 0 Å². The molecule has 0 aliphatic heterocycles. The van der Waals surface area contributed by atoms with Gasteiger partial charge >= 0.3 is 18.2 Å². The largest absolute Gasteiger partial charge is 0.493 e. The monoisotopic (exact) mass is 396 g/mol. The zero-order chi connectivity index (χ0) is 20.6. The lowest BCUT2D eigenvalue weighted by molar-refractivity contribution is -0.173. The third kappa shape index (κ3) is 6.49. The highest BCUT2D eigenvalue weighted by atomic mass is 19.4. The molecule has 2 rings (SSSR count). The van der Waals surface area contributed by atoms with E-state index in [2.05, 4.69) is 5.32 Å². The zero-order valence-electron chi connectivity index (χ0n) is 14.8. The minimum absolute atomic E-state index is 0.0772. The smallest absolute Gasteiger partial charge is 0.471 e. The SMILES string of the molecule is O=C(O)NCc1ccc(-c2ccccc2)c(OCCCNC(=O)C(F)(F)F)c1. The van der Waals surface area contributed by atoms with Gasteiger partial charge in [0.1, 0.15) is 5.75 Å². The summed E-state index contributed by atoms with van der Waals surface area (Å²) in [5.41, 5.74) is 2.31. The van der Waals surface area contributed by atoms with Gasteiger partial charge in [0, 0.05) is 18.7 Å². The molecule has 3 N–H and O–H groups in total. The summed E-state index contributed by atoms with van der Waals surface area (Å²) in [6.07, 6.45) is -5.89. The average molecular weight is 396 g/mol. The van der Waals surface area contributed by atoms with Crippen molar-refractivity contribution in [2.75, 3.05) is 13.2 Å². The maximum absolute atomic E-state index is 12.1. The Hall–Kier alpha value is -3.23. The van der Waals surface area contributed by atoms with Crippen LogP contribution in [0.5, 0.6) is 5.75 Å². The van der Waals surface area contributed by atoms with E-state index in [1.54, 1.807) is 23.5 Å². The van der Waals surface area contributed by atoms with Gasteiger partial charge in [-0.1, -0.05) is 42.5 Å². The van der Waals surface area contributed by atoms with Crippen LogP contribution in [0.25, 0.3) is 11.1 Å². The number of nitrogens with one attached hydrogen (secondary N) is 2. The maximum Gasteiger partial charge on any atom is 0.471 e. The molecule has 0 unspecified atom stereocenters. The van der Waals surface area contributed by atoms with Crippen LogP contribution < -0.4 is 15.4 Å². The quantitative estimate of drug-likeness (QED) is 0.596. The van der Waals surface area contributed by atoms with Gasteiger partial charge in [-0.25, -0.2) is 4.79 Å². The molecule has 0 atom stereocenters. The summed E-state index contributed by atoms with van der Waals surface area (Å²) in [6, 6.07) is 14.5. The van der Waals surface area contributed by atoms with E-state index >= 15 is 0 Å². The minimum Gasteiger partial charge on any atom is -0.493 e. The Bertz CT molecular complexity index is 811. The number of hydrogen-bond donors (Lipinski definition) is 3. The highest BCUT2D eigenvalue weighted by molar-refractivity contribution is 5.81. The van der Waals surface area contributed by atoms with Gasteiger partial charge < -0.3 is 20.5 Å². The molecule has 0 heterocycles. The number of rotatable bonds is 8. The molecule has 0 spiro atoms. The van der Waals surface area contributed by atoms with E-state index in [-0.39, 0.29) is 26.1 Å². The van der Waals surface area contributed by atoms with Crippen molar-refractivity contribution in [3.05, 3.63) is 54.1 Å². The molecule has 0 saturated carbocycles. The Morgan fingerprint density at radius 3 is 2.39 bits per heavy atom. The molecule has 0 aliphatic rings. The number of amides is 2. The standard InChI is InChI=1S/C19H19F3N2O4/c20-19(21,22)17(25)23-9-4-10-28-16-11-13(12-24-18(26)27)7-8-15(16)14-5-2-1-3-6-14/h1-3,5-8,11,24H,4,9-10,12H2,(H,23,25)(H,26,27). The first-order valence-electron chi connectivity index (χ1n) is 8.40. The van der Waals surface area contributed by atoms with Crippen molar-refractivity contribution in [1.82, 2.24) is 10.6 Å². The van der Waals surface area contributed by atoms with Gasteiger partial charge in [0.15, 0.2) is 0 Å². The third-order valence-corrected chi connectivity index (χ3v) is 3.70. The number of hydrogen-bond acceptors (Lipinski definition) is 3. The van der Waals surface area contributed by atoms with Crippen molar-refractivity contribution >= 4 is 12.0 Å². The Labute approximate surface area is 159 Å². The summed E-state index contributed by atoms with van der Waals surface area (Å²) < 4.78 is 42.1. The number of alkyl halides is 3. The summed E-state index contributed by atoms with van der Waals surface area (Å²) in [6.45, 7) is -0.0184. The second-order valence-electron chi connectivity index (χ2n) is 5.81. The van der Waals surface area contributed by atoms with Crippen molar-refractivity contribution in [3.63, 3.8) is 0 Å². The molecule has 2 amide bonds. The van der Waals surface area contributed by atoms with Crippen molar-refractivity contribution in [2.45, 2.75) is 19.1 Å². The Balaban J connectivity index is 2.03. The second kappa shape index (κ2) is 9.63. The van der Waals surface area contributed by atoms with Gasteiger partial charge in [0.05, 0.1) is 6.61 Å². The molecule has 0 fully saturated rings. The fourth-order valence-corrected chi connectivity index (χ4v) is 2.39. The highest BCUT2D eigenvalue weighted by Crippen LogP contribution is 2.31. The predicted octanol–water partition coefficient (Wildman–Crippen LogP) is 3.57. The van der Waals surface area contributed by atoms with Crippen molar-refractivity contribution in [2.24, 2.45) is 0 Å². The summed E-state index contributed by atoms with van der Waals surface area (Å²) in [5, 5.41) is 12.8. The van der Waals surface area contributed by atoms with Gasteiger partial charge in [-0.15, -0.1) is 0 Å². The van der Waals surface area contributed by atoms with Crippen LogP contribution in [0.1, 0.15) is 12.0 Å². The molecular formula is C19H19F3N2O4. The Kier molecular flexibility index (Phi) is 7.25. The molecule has 0 bridgehead atoms. The Morgan fingerprint density at radius 1 is 1.04 bits per heavy atom. The molecule has 6 nitrogen and oxygen atoms in total. The molecule has 2 aromatic carbocycles. The van der Waals surface area contributed by atoms with Gasteiger partial charge in [-0.2, -0.15) is 13.2 Å². The fraction of sp³-hybridized carbons (Fsp3) is 0.263. The lowest BCUT2D eigenvalue weighted by Crippen LogP contribution is -2.37. The van der Waals surface area contributed by atoms with E-state index < -0.39 is 18.2 Å². The number of carbonyl (C=O) groups excluding carboxylic acids is 1. The van der Waals surface area contributed by atoms with Crippen LogP contribution in [0.15, 0.2) is 48.5 Å². The van der Waals surface area contributed by atoms with Crippen molar-refractivity contribution < 1.29 is 32.6 Å². The van der Waals surface area contributed by atoms with E-state index in [0.29, 0.717) is 11.3 Å². The van der Waals surface area contributed by atoms with Gasteiger partial charge in [-0.3, -0.25) is 4.79 Å². The molecule has 2 aromatic rings. The Morgan fingerprint density at radius 2 is 1.75 bits per heavy atom. The molecule has 0 radical (unpaired) electrons. The summed E-state index contributed by atoms with van der Waals surface area (Å²) in [7, 11) is 0. The minimum atomic E-state index is -4.91. The van der Waals surface area contributed by atoms with Crippen LogP contribution in [-0.4, -0.2) is 36.4 Å². The summed E-state index contributed by atoms with van der Waals surface area (Å²) in [4.78, 5) is 21.4. The molecule has 0 saturated heterocycles. The van der Waals surface area contributed by atoms with Crippen LogP contribution in [0, 0.1) is 0 Å². The number of benzene rings is 2.